The first-order valence-corrected chi connectivity index (χ1v) is 6.82. The summed E-state index contributed by atoms with van der Waals surface area (Å²) in [4.78, 5) is 8.50. The molecule has 3 rings (SSSR count). The molecule has 2 heterocycles. The highest BCUT2D eigenvalue weighted by Crippen LogP contribution is 2.19. The van der Waals surface area contributed by atoms with Gasteiger partial charge in [-0.15, -0.1) is 0 Å². The Morgan fingerprint density at radius 1 is 1.14 bits per heavy atom. The summed E-state index contributed by atoms with van der Waals surface area (Å²) in [6.45, 7) is 0.816. The van der Waals surface area contributed by atoms with Crippen LogP contribution in [0.2, 0.25) is 0 Å². The summed E-state index contributed by atoms with van der Waals surface area (Å²) < 4.78 is 0. The third kappa shape index (κ3) is 3.09. The molecule has 108 valence electrons. The summed E-state index contributed by atoms with van der Waals surface area (Å²) >= 11 is 0. The second-order valence-electron chi connectivity index (χ2n) is 4.69. The van der Waals surface area contributed by atoms with Crippen LogP contribution in [0.25, 0.3) is 11.0 Å². The molecule has 0 aliphatic rings. The summed E-state index contributed by atoms with van der Waals surface area (Å²) in [7, 11) is 0. The average Bonchev–Trinajstić information content (AvgIpc) is 3.00. The normalized spacial score (nSPS) is 10.7. The molecule has 0 bridgehead atoms. The van der Waals surface area contributed by atoms with Crippen molar-refractivity contribution in [3.63, 3.8) is 0 Å². The Hall–Kier alpha value is -2.67. The van der Waals surface area contributed by atoms with Gasteiger partial charge in [-0.25, -0.2) is 5.84 Å². The number of hydrazine groups is 1. The number of aromatic nitrogens is 4. The second-order valence-corrected chi connectivity index (χ2v) is 4.69. The molecule has 0 unspecified atom stereocenters. The Morgan fingerprint density at radius 2 is 2.00 bits per heavy atom. The highest BCUT2D eigenvalue weighted by atomic mass is 15.3. The van der Waals surface area contributed by atoms with Crippen molar-refractivity contribution in [1.82, 2.24) is 20.2 Å². The minimum atomic E-state index is 0.359. The number of nitrogens with one attached hydrogen (secondary N) is 3. The van der Waals surface area contributed by atoms with Gasteiger partial charge in [-0.05, 0) is 18.4 Å². The molecule has 21 heavy (non-hydrogen) atoms. The SMILES string of the molecule is NNc1nc(NCCCc2ccccc2)c2cn[nH]c2n1. The lowest BCUT2D eigenvalue weighted by Gasteiger charge is -2.08. The minimum Gasteiger partial charge on any atom is -0.369 e. The van der Waals surface area contributed by atoms with Gasteiger partial charge in [0, 0.05) is 6.54 Å². The van der Waals surface area contributed by atoms with E-state index in [2.05, 4.69) is 55.2 Å². The molecule has 0 aliphatic heterocycles. The number of aromatic amines is 1. The van der Waals surface area contributed by atoms with Gasteiger partial charge in [0.1, 0.15) is 5.82 Å². The van der Waals surface area contributed by atoms with Crippen molar-refractivity contribution in [3.05, 3.63) is 42.1 Å². The fourth-order valence-electron chi connectivity index (χ4n) is 2.18. The van der Waals surface area contributed by atoms with Crippen LogP contribution in [0, 0.1) is 0 Å². The Morgan fingerprint density at radius 3 is 2.81 bits per heavy atom. The predicted molar refractivity (Wildman–Crippen MR) is 82.7 cm³/mol. The van der Waals surface area contributed by atoms with Crippen LogP contribution in [-0.2, 0) is 6.42 Å². The quantitative estimate of drug-likeness (QED) is 0.312. The summed E-state index contributed by atoms with van der Waals surface area (Å²) in [5, 5.41) is 11.0. The van der Waals surface area contributed by atoms with Crippen molar-refractivity contribution in [1.29, 1.82) is 0 Å². The predicted octanol–water partition coefficient (Wildman–Crippen LogP) is 1.68. The van der Waals surface area contributed by atoms with Crippen molar-refractivity contribution in [2.75, 3.05) is 17.3 Å². The van der Waals surface area contributed by atoms with Crippen molar-refractivity contribution < 1.29 is 0 Å². The Labute approximate surface area is 122 Å². The van der Waals surface area contributed by atoms with Gasteiger partial charge >= 0.3 is 0 Å². The van der Waals surface area contributed by atoms with E-state index in [-0.39, 0.29) is 0 Å². The number of fused-ring (bicyclic) bond motifs is 1. The van der Waals surface area contributed by atoms with Gasteiger partial charge in [0.05, 0.1) is 11.6 Å². The van der Waals surface area contributed by atoms with Crippen molar-refractivity contribution in [3.8, 4) is 0 Å². The van der Waals surface area contributed by atoms with E-state index in [1.54, 1.807) is 6.20 Å². The summed E-state index contributed by atoms with van der Waals surface area (Å²) in [5.41, 5.74) is 4.44. The second kappa shape index (κ2) is 6.19. The molecule has 2 aromatic heterocycles. The van der Waals surface area contributed by atoms with Crippen LogP contribution in [0.1, 0.15) is 12.0 Å². The number of nitrogens with zero attached hydrogens (tertiary/aromatic N) is 3. The number of H-pyrrole nitrogens is 1. The molecule has 0 aliphatic carbocycles. The zero-order chi connectivity index (χ0) is 14.5. The molecular formula is C14H17N7. The molecule has 0 fully saturated rings. The lowest BCUT2D eigenvalue weighted by molar-refractivity contribution is 0.859. The van der Waals surface area contributed by atoms with Gasteiger partial charge < -0.3 is 5.32 Å². The average molecular weight is 283 g/mol. The maximum atomic E-state index is 5.37. The van der Waals surface area contributed by atoms with E-state index in [0.29, 0.717) is 11.6 Å². The van der Waals surface area contributed by atoms with E-state index in [1.807, 2.05) is 6.07 Å². The number of hydrogen-bond acceptors (Lipinski definition) is 6. The largest absolute Gasteiger partial charge is 0.369 e. The number of anilines is 2. The summed E-state index contributed by atoms with van der Waals surface area (Å²) in [6.07, 6.45) is 3.74. The number of hydrogen-bond donors (Lipinski definition) is 4. The fourth-order valence-corrected chi connectivity index (χ4v) is 2.18. The van der Waals surface area contributed by atoms with Gasteiger partial charge in [0.25, 0.3) is 0 Å². The summed E-state index contributed by atoms with van der Waals surface area (Å²) in [6, 6.07) is 10.4. The molecule has 0 atom stereocenters. The van der Waals surface area contributed by atoms with E-state index < -0.39 is 0 Å². The molecule has 0 radical (unpaired) electrons. The van der Waals surface area contributed by atoms with Crippen LogP contribution < -0.4 is 16.6 Å². The zero-order valence-corrected chi connectivity index (χ0v) is 11.5. The lowest BCUT2D eigenvalue weighted by atomic mass is 10.1. The first-order valence-electron chi connectivity index (χ1n) is 6.82. The van der Waals surface area contributed by atoms with Gasteiger partial charge in [-0.1, -0.05) is 30.3 Å². The van der Waals surface area contributed by atoms with Crippen LogP contribution in [0.4, 0.5) is 11.8 Å². The maximum absolute atomic E-state index is 5.37. The number of rotatable bonds is 6. The molecule has 5 N–H and O–H groups in total. The molecule has 0 saturated carbocycles. The molecule has 1 aromatic carbocycles. The molecule has 7 nitrogen and oxygen atoms in total. The van der Waals surface area contributed by atoms with E-state index in [1.165, 1.54) is 5.56 Å². The van der Waals surface area contributed by atoms with Crippen LogP contribution >= 0.6 is 0 Å². The topological polar surface area (TPSA) is 105 Å². The Kier molecular flexibility index (Phi) is 3.92. The van der Waals surface area contributed by atoms with Crippen molar-refractivity contribution in [2.45, 2.75) is 12.8 Å². The Balaban J connectivity index is 1.63. The number of nitrogens with two attached hydrogens (primary N) is 1. The number of benzene rings is 1. The lowest BCUT2D eigenvalue weighted by Crippen LogP contribution is -2.13. The van der Waals surface area contributed by atoms with Gasteiger partial charge in [-0.3, -0.25) is 10.5 Å². The molecule has 0 spiro atoms. The van der Waals surface area contributed by atoms with E-state index in [4.69, 9.17) is 5.84 Å². The maximum Gasteiger partial charge on any atom is 0.241 e. The zero-order valence-electron chi connectivity index (χ0n) is 11.5. The number of aryl methyl sites for hydroxylation is 1. The van der Waals surface area contributed by atoms with E-state index in [9.17, 15) is 0 Å². The van der Waals surface area contributed by atoms with E-state index >= 15 is 0 Å². The van der Waals surface area contributed by atoms with Gasteiger partial charge in [0.15, 0.2) is 5.65 Å². The molecular weight excluding hydrogens is 266 g/mol. The number of nitrogen functional groups attached to an aromatic ring is 1. The minimum absolute atomic E-state index is 0.359. The molecule has 0 saturated heterocycles. The van der Waals surface area contributed by atoms with Crippen LogP contribution in [-0.4, -0.2) is 26.7 Å². The Bertz CT molecular complexity index is 708. The fraction of sp³-hybridized carbons (Fsp3) is 0.214. The van der Waals surface area contributed by atoms with E-state index in [0.717, 1.165) is 30.6 Å². The van der Waals surface area contributed by atoms with Gasteiger partial charge in [-0.2, -0.15) is 15.1 Å². The van der Waals surface area contributed by atoms with Crippen LogP contribution in [0.15, 0.2) is 36.5 Å². The first-order chi connectivity index (χ1) is 10.4. The standard InChI is InChI=1S/C14H17N7/c15-20-14-18-12(11-9-17-21-13(11)19-14)16-8-4-7-10-5-2-1-3-6-10/h1-3,5-6,9H,4,7-8,15H2,(H3,16,17,18,19,20,21). The van der Waals surface area contributed by atoms with Crippen LogP contribution in [0.3, 0.4) is 0 Å². The van der Waals surface area contributed by atoms with Crippen molar-refractivity contribution >= 4 is 22.8 Å². The molecule has 0 amide bonds. The van der Waals surface area contributed by atoms with Crippen molar-refractivity contribution in [2.24, 2.45) is 5.84 Å². The molecule has 3 aromatic rings. The third-order valence-corrected chi connectivity index (χ3v) is 3.22. The van der Waals surface area contributed by atoms with Crippen LogP contribution in [0.5, 0.6) is 0 Å². The third-order valence-electron chi connectivity index (χ3n) is 3.22. The summed E-state index contributed by atoms with van der Waals surface area (Å²) in [5.74, 6) is 6.46. The highest BCUT2D eigenvalue weighted by molar-refractivity contribution is 5.86. The first kappa shape index (κ1) is 13.3. The molecule has 7 heteroatoms. The van der Waals surface area contributed by atoms with Gasteiger partial charge in [0.2, 0.25) is 5.95 Å². The monoisotopic (exact) mass is 283 g/mol. The smallest absolute Gasteiger partial charge is 0.241 e. The highest BCUT2D eigenvalue weighted by Gasteiger charge is 2.08.